The van der Waals surface area contributed by atoms with Crippen molar-refractivity contribution < 1.29 is 5.11 Å². The molecule has 1 aromatic carbocycles. The van der Waals surface area contributed by atoms with Crippen molar-refractivity contribution in [3.05, 3.63) is 34.4 Å². The first-order chi connectivity index (χ1) is 5.69. The first-order valence-electron chi connectivity index (χ1n) is 3.86. The van der Waals surface area contributed by atoms with E-state index >= 15 is 0 Å². The minimum Gasteiger partial charge on any atom is -0.392 e. The second kappa shape index (κ2) is 3.42. The molecule has 0 heterocycles. The van der Waals surface area contributed by atoms with E-state index in [9.17, 15) is 0 Å². The van der Waals surface area contributed by atoms with Gasteiger partial charge < -0.3 is 5.11 Å². The molecule has 0 fully saturated rings. The van der Waals surface area contributed by atoms with Crippen LogP contribution in [0.15, 0.2) is 12.1 Å². The van der Waals surface area contributed by atoms with Crippen LogP contribution in [0.3, 0.4) is 0 Å². The van der Waals surface area contributed by atoms with Gasteiger partial charge in [0.05, 0.1) is 6.61 Å². The minimum atomic E-state index is 0.0858. The molecule has 0 aliphatic rings. The van der Waals surface area contributed by atoms with Crippen molar-refractivity contribution in [2.45, 2.75) is 20.5 Å². The van der Waals surface area contributed by atoms with Gasteiger partial charge in [0.15, 0.2) is 0 Å². The number of terminal acetylenes is 1. The van der Waals surface area contributed by atoms with E-state index < -0.39 is 0 Å². The largest absolute Gasteiger partial charge is 0.392 e. The molecule has 1 rings (SSSR count). The lowest BCUT2D eigenvalue weighted by Crippen LogP contribution is -1.94. The molecule has 0 spiro atoms. The van der Waals surface area contributed by atoms with E-state index in [4.69, 9.17) is 11.5 Å². The molecule has 1 nitrogen and oxygen atoms in total. The van der Waals surface area contributed by atoms with Gasteiger partial charge in [-0.25, -0.2) is 0 Å². The maximum Gasteiger partial charge on any atom is 0.0687 e. The molecule has 1 heteroatoms. The molecule has 0 aliphatic heterocycles. The van der Waals surface area contributed by atoms with Crippen LogP contribution in [0.4, 0.5) is 0 Å². The Morgan fingerprint density at radius 2 is 1.83 bits per heavy atom. The molecule has 0 saturated carbocycles. The third-order valence-electron chi connectivity index (χ3n) is 2.02. The summed E-state index contributed by atoms with van der Waals surface area (Å²) in [5.41, 5.74) is 3.98. The van der Waals surface area contributed by atoms with Crippen molar-refractivity contribution in [1.29, 1.82) is 0 Å². The standard InChI is InChI=1S/C11H12O/c1-4-10-5-8(2)11(7-12)9(3)6-10/h1,5-6,12H,7H2,2-3H3. The second-order valence-electron chi connectivity index (χ2n) is 2.89. The van der Waals surface area contributed by atoms with Crippen molar-refractivity contribution in [3.8, 4) is 12.3 Å². The number of hydrogen-bond donors (Lipinski definition) is 1. The van der Waals surface area contributed by atoms with Gasteiger partial charge in [0, 0.05) is 5.56 Å². The fraction of sp³-hybridized carbons (Fsp3) is 0.273. The Morgan fingerprint density at radius 3 is 2.17 bits per heavy atom. The Kier molecular flexibility index (Phi) is 2.52. The number of benzene rings is 1. The Bertz CT molecular complexity index is 308. The van der Waals surface area contributed by atoms with E-state index in [0.29, 0.717) is 0 Å². The molecule has 1 aromatic rings. The van der Waals surface area contributed by atoms with Crippen LogP contribution in [0.5, 0.6) is 0 Å². The lowest BCUT2D eigenvalue weighted by molar-refractivity contribution is 0.280. The molecule has 0 atom stereocenters. The van der Waals surface area contributed by atoms with E-state index in [1.54, 1.807) is 0 Å². The number of aliphatic hydroxyl groups excluding tert-OH is 1. The molecule has 0 amide bonds. The zero-order valence-corrected chi connectivity index (χ0v) is 7.39. The first-order valence-corrected chi connectivity index (χ1v) is 3.86. The number of aryl methyl sites for hydroxylation is 2. The summed E-state index contributed by atoms with van der Waals surface area (Å²) in [6.45, 7) is 4.00. The highest BCUT2D eigenvalue weighted by atomic mass is 16.3. The van der Waals surface area contributed by atoms with E-state index in [-0.39, 0.29) is 6.61 Å². The van der Waals surface area contributed by atoms with Gasteiger partial charge in [-0.1, -0.05) is 5.92 Å². The van der Waals surface area contributed by atoms with Crippen molar-refractivity contribution >= 4 is 0 Å². The van der Waals surface area contributed by atoms with Crippen LogP contribution in [0.25, 0.3) is 0 Å². The van der Waals surface area contributed by atoms with Crippen LogP contribution in [0.2, 0.25) is 0 Å². The quantitative estimate of drug-likeness (QED) is 0.621. The van der Waals surface area contributed by atoms with Crippen LogP contribution in [-0.2, 0) is 6.61 Å². The van der Waals surface area contributed by atoms with E-state index in [2.05, 4.69) is 5.92 Å². The summed E-state index contributed by atoms with van der Waals surface area (Å²) >= 11 is 0. The summed E-state index contributed by atoms with van der Waals surface area (Å²) in [6.07, 6.45) is 5.27. The van der Waals surface area contributed by atoms with Gasteiger partial charge in [0.25, 0.3) is 0 Å². The second-order valence-corrected chi connectivity index (χ2v) is 2.89. The van der Waals surface area contributed by atoms with Gasteiger partial charge in [-0.15, -0.1) is 6.42 Å². The average Bonchev–Trinajstić information content (AvgIpc) is 2.03. The van der Waals surface area contributed by atoms with Crippen LogP contribution in [0, 0.1) is 26.2 Å². The predicted molar refractivity (Wildman–Crippen MR) is 49.8 cm³/mol. The molecule has 0 bridgehead atoms. The van der Waals surface area contributed by atoms with E-state index in [1.165, 1.54) is 0 Å². The molecular formula is C11H12O. The molecule has 62 valence electrons. The molecule has 0 radical (unpaired) electrons. The Labute approximate surface area is 73.0 Å². The summed E-state index contributed by atoms with van der Waals surface area (Å²) in [4.78, 5) is 0. The average molecular weight is 160 g/mol. The molecule has 1 N–H and O–H groups in total. The lowest BCUT2D eigenvalue weighted by Gasteiger charge is -2.06. The summed E-state index contributed by atoms with van der Waals surface area (Å²) < 4.78 is 0. The normalized spacial score (nSPS) is 9.50. The number of hydrogen-bond acceptors (Lipinski definition) is 1. The summed E-state index contributed by atoms with van der Waals surface area (Å²) in [5, 5.41) is 9.01. The summed E-state index contributed by atoms with van der Waals surface area (Å²) in [6, 6.07) is 3.83. The smallest absolute Gasteiger partial charge is 0.0687 e. The highest BCUT2D eigenvalue weighted by Crippen LogP contribution is 2.15. The van der Waals surface area contributed by atoms with Crippen molar-refractivity contribution in [1.82, 2.24) is 0 Å². The van der Waals surface area contributed by atoms with E-state index in [0.717, 1.165) is 22.3 Å². The van der Waals surface area contributed by atoms with Crippen LogP contribution in [-0.4, -0.2) is 5.11 Å². The maximum atomic E-state index is 9.01. The third-order valence-corrected chi connectivity index (χ3v) is 2.02. The molecule has 0 saturated heterocycles. The predicted octanol–water partition coefficient (Wildman–Crippen LogP) is 1.78. The zero-order chi connectivity index (χ0) is 9.14. The monoisotopic (exact) mass is 160 g/mol. The molecule has 12 heavy (non-hydrogen) atoms. The highest BCUT2D eigenvalue weighted by molar-refractivity contribution is 5.43. The van der Waals surface area contributed by atoms with Crippen molar-refractivity contribution in [2.75, 3.05) is 0 Å². The Morgan fingerprint density at radius 1 is 1.33 bits per heavy atom. The topological polar surface area (TPSA) is 20.2 Å². The SMILES string of the molecule is C#Cc1cc(C)c(CO)c(C)c1. The minimum absolute atomic E-state index is 0.0858. The first kappa shape index (κ1) is 8.83. The fourth-order valence-electron chi connectivity index (χ4n) is 1.33. The van der Waals surface area contributed by atoms with Gasteiger partial charge in [0.1, 0.15) is 0 Å². The molecule has 0 unspecified atom stereocenters. The zero-order valence-electron chi connectivity index (χ0n) is 7.39. The summed E-state index contributed by atoms with van der Waals surface area (Å²) in [7, 11) is 0. The van der Waals surface area contributed by atoms with Crippen molar-refractivity contribution in [2.24, 2.45) is 0 Å². The van der Waals surface area contributed by atoms with Gasteiger partial charge in [-0.2, -0.15) is 0 Å². The highest BCUT2D eigenvalue weighted by Gasteiger charge is 2.01. The van der Waals surface area contributed by atoms with Gasteiger partial charge in [0.2, 0.25) is 0 Å². The van der Waals surface area contributed by atoms with E-state index in [1.807, 2.05) is 26.0 Å². The van der Waals surface area contributed by atoms with Gasteiger partial charge in [-0.05, 0) is 42.7 Å². The lowest BCUT2D eigenvalue weighted by atomic mass is 10.0. The van der Waals surface area contributed by atoms with Gasteiger partial charge >= 0.3 is 0 Å². The van der Waals surface area contributed by atoms with Crippen LogP contribution in [0.1, 0.15) is 22.3 Å². The maximum absolute atomic E-state index is 9.01. The number of rotatable bonds is 1. The third kappa shape index (κ3) is 1.49. The Balaban J connectivity index is 3.30. The van der Waals surface area contributed by atoms with Crippen LogP contribution < -0.4 is 0 Å². The van der Waals surface area contributed by atoms with Gasteiger partial charge in [-0.3, -0.25) is 0 Å². The van der Waals surface area contributed by atoms with Crippen LogP contribution >= 0.6 is 0 Å². The fourth-order valence-corrected chi connectivity index (χ4v) is 1.33. The summed E-state index contributed by atoms with van der Waals surface area (Å²) in [5.74, 6) is 2.58. The molecule has 0 aliphatic carbocycles. The molecular weight excluding hydrogens is 148 g/mol. The molecule has 0 aromatic heterocycles. The van der Waals surface area contributed by atoms with Crippen molar-refractivity contribution in [3.63, 3.8) is 0 Å². The Hall–Kier alpha value is -1.26. The number of aliphatic hydroxyl groups is 1.